The summed E-state index contributed by atoms with van der Waals surface area (Å²) in [6.07, 6.45) is 15.3. The zero-order chi connectivity index (χ0) is 16.6. The lowest BCUT2D eigenvalue weighted by atomic mass is 9.88. The van der Waals surface area contributed by atoms with Crippen molar-refractivity contribution in [3.05, 3.63) is 42.3 Å². The van der Waals surface area contributed by atoms with Crippen molar-refractivity contribution < 1.29 is 14.6 Å². The van der Waals surface area contributed by atoms with Crippen LogP contribution in [0.15, 0.2) is 47.0 Å². The summed E-state index contributed by atoms with van der Waals surface area (Å²) in [6, 6.07) is 0.432. The van der Waals surface area contributed by atoms with E-state index in [1.807, 2.05) is 35.2 Å². The smallest absolute Gasteiger partial charge is 0.361 e. The first-order valence-corrected chi connectivity index (χ1v) is 8.10. The molecule has 1 aliphatic heterocycles. The van der Waals surface area contributed by atoms with Gasteiger partial charge in [-0.05, 0) is 25.3 Å². The molecule has 8 heteroatoms. The third-order valence-corrected chi connectivity index (χ3v) is 4.87. The van der Waals surface area contributed by atoms with E-state index < -0.39 is 17.3 Å². The lowest BCUT2D eigenvalue weighted by Gasteiger charge is -2.37. The van der Waals surface area contributed by atoms with Gasteiger partial charge in [-0.1, -0.05) is 23.5 Å². The van der Waals surface area contributed by atoms with Crippen LogP contribution in [0.2, 0.25) is 0 Å². The third kappa shape index (κ3) is 2.34. The zero-order valence-electron chi connectivity index (χ0n) is 13.1. The van der Waals surface area contributed by atoms with Gasteiger partial charge < -0.3 is 9.84 Å². The number of carboxylic acid groups (broad SMARTS) is 1. The first-order chi connectivity index (χ1) is 11.6. The second kappa shape index (κ2) is 5.55. The topological polar surface area (TPSA) is 101 Å². The van der Waals surface area contributed by atoms with Crippen LogP contribution in [0.1, 0.15) is 37.3 Å². The number of ether oxygens (including phenoxy) is 1. The summed E-state index contributed by atoms with van der Waals surface area (Å²) >= 11 is 0. The van der Waals surface area contributed by atoms with Crippen molar-refractivity contribution in [1.82, 2.24) is 15.2 Å². The van der Waals surface area contributed by atoms with Gasteiger partial charge in [0.15, 0.2) is 0 Å². The van der Waals surface area contributed by atoms with Crippen molar-refractivity contribution in [2.24, 2.45) is 10.3 Å². The number of hydrogen-bond donors (Lipinski definition) is 2. The summed E-state index contributed by atoms with van der Waals surface area (Å²) < 4.78 is 8.09. The minimum atomic E-state index is -1.66. The molecule has 1 fully saturated rings. The molecule has 4 rings (SSSR count). The highest BCUT2D eigenvalue weighted by molar-refractivity contribution is 5.77. The predicted octanol–water partition coefficient (Wildman–Crippen LogP) is 2.09. The van der Waals surface area contributed by atoms with Crippen molar-refractivity contribution in [3.8, 4) is 0 Å². The molecule has 2 unspecified atom stereocenters. The fraction of sp³-hybridized carbons (Fsp3) is 0.500. The summed E-state index contributed by atoms with van der Waals surface area (Å²) in [7, 11) is 0. The lowest BCUT2D eigenvalue weighted by Crippen LogP contribution is -2.56. The molecule has 2 aliphatic carbocycles. The molecule has 2 heterocycles. The number of hydrogen-bond acceptors (Lipinski definition) is 6. The van der Waals surface area contributed by atoms with Crippen LogP contribution in [0.5, 0.6) is 0 Å². The molecule has 2 N–H and O–H groups in total. The Labute approximate surface area is 138 Å². The Kier molecular flexibility index (Phi) is 3.49. The van der Waals surface area contributed by atoms with Crippen LogP contribution in [0.3, 0.4) is 0 Å². The van der Waals surface area contributed by atoms with E-state index in [4.69, 9.17) is 4.74 Å². The van der Waals surface area contributed by atoms with Crippen LogP contribution >= 0.6 is 0 Å². The van der Waals surface area contributed by atoms with Gasteiger partial charge in [0.25, 0.3) is 5.72 Å². The van der Waals surface area contributed by atoms with Crippen LogP contribution in [0.25, 0.3) is 0 Å². The van der Waals surface area contributed by atoms with Gasteiger partial charge in [0.05, 0.1) is 12.2 Å². The Hall–Kier alpha value is -2.48. The SMILES string of the molecule is O=C(O)C1(OC2(c3cnn(C4CCC4)c3)C=CC=CC2)CN=NN1. The van der Waals surface area contributed by atoms with Crippen molar-refractivity contribution in [2.75, 3.05) is 6.54 Å². The van der Waals surface area contributed by atoms with Gasteiger partial charge in [-0.15, -0.1) is 0 Å². The van der Waals surface area contributed by atoms with Crippen molar-refractivity contribution in [1.29, 1.82) is 0 Å². The molecule has 1 saturated carbocycles. The molecule has 126 valence electrons. The van der Waals surface area contributed by atoms with Gasteiger partial charge in [-0.3, -0.25) is 4.68 Å². The molecule has 0 spiro atoms. The first-order valence-electron chi connectivity index (χ1n) is 8.10. The standard InChI is InChI=1S/C16H19N5O3/c22-14(23)16(11-17-20-19-16)24-15(7-2-1-3-8-15)12-9-18-21(10-12)13-5-4-6-13/h1-3,7,9-10,13H,4-6,8,11H2,(H,17,19)(H,22,23). The minimum absolute atomic E-state index is 0.0710. The number of nitrogens with zero attached hydrogens (tertiary/aromatic N) is 4. The molecule has 0 saturated heterocycles. The summed E-state index contributed by atoms with van der Waals surface area (Å²) in [4.78, 5) is 11.8. The Morgan fingerprint density at radius 3 is 2.88 bits per heavy atom. The van der Waals surface area contributed by atoms with E-state index in [1.165, 1.54) is 6.42 Å². The molecule has 3 aliphatic rings. The van der Waals surface area contributed by atoms with Crippen molar-refractivity contribution >= 4 is 5.97 Å². The average Bonchev–Trinajstić information content (AvgIpc) is 3.17. The van der Waals surface area contributed by atoms with Crippen molar-refractivity contribution in [3.63, 3.8) is 0 Å². The van der Waals surface area contributed by atoms with Crippen LogP contribution in [-0.4, -0.2) is 33.1 Å². The summed E-state index contributed by atoms with van der Waals surface area (Å²) in [5.41, 5.74) is 0.788. The van der Waals surface area contributed by atoms with E-state index in [1.54, 1.807) is 6.20 Å². The van der Waals surface area contributed by atoms with Gasteiger partial charge in [-0.25, -0.2) is 10.2 Å². The first kappa shape index (κ1) is 15.1. The number of nitrogens with one attached hydrogen (secondary N) is 1. The van der Waals surface area contributed by atoms with E-state index >= 15 is 0 Å². The van der Waals surface area contributed by atoms with E-state index in [0.717, 1.165) is 18.4 Å². The maximum absolute atomic E-state index is 11.8. The monoisotopic (exact) mass is 329 g/mol. The van der Waals surface area contributed by atoms with Gasteiger partial charge in [0.1, 0.15) is 12.1 Å². The molecular weight excluding hydrogens is 310 g/mol. The van der Waals surface area contributed by atoms with E-state index in [-0.39, 0.29) is 6.54 Å². The van der Waals surface area contributed by atoms with Crippen LogP contribution in [0, 0.1) is 0 Å². The van der Waals surface area contributed by atoms with E-state index in [0.29, 0.717) is 12.5 Å². The molecule has 0 bridgehead atoms. The molecule has 0 aromatic carbocycles. The average molecular weight is 329 g/mol. The molecule has 8 nitrogen and oxygen atoms in total. The second-order valence-corrected chi connectivity index (χ2v) is 6.42. The quantitative estimate of drug-likeness (QED) is 0.861. The molecule has 1 aromatic rings. The number of aromatic nitrogens is 2. The van der Waals surface area contributed by atoms with Gasteiger partial charge in [0, 0.05) is 18.2 Å². The third-order valence-electron chi connectivity index (χ3n) is 4.87. The van der Waals surface area contributed by atoms with E-state index in [2.05, 4.69) is 20.9 Å². The Morgan fingerprint density at radius 1 is 1.42 bits per heavy atom. The van der Waals surface area contributed by atoms with Crippen molar-refractivity contribution in [2.45, 2.75) is 43.1 Å². The van der Waals surface area contributed by atoms with E-state index in [9.17, 15) is 9.90 Å². The maximum atomic E-state index is 11.8. The Bertz CT molecular complexity index is 726. The predicted molar refractivity (Wildman–Crippen MR) is 84.0 cm³/mol. The number of allylic oxidation sites excluding steroid dienone is 2. The molecule has 1 aromatic heterocycles. The summed E-state index contributed by atoms with van der Waals surface area (Å²) in [5, 5.41) is 21.5. The highest BCUT2D eigenvalue weighted by Gasteiger charge is 2.50. The fourth-order valence-corrected chi connectivity index (χ4v) is 3.17. The van der Waals surface area contributed by atoms with Crippen LogP contribution in [-0.2, 0) is 15.1 Å². The van der Waals surface area contributed by atoms with Crippen LogP contribution < -0.4 is 5.43 Å². The minimum Gasteiger partial charge on any atom is -0.478 e. The largest absolute Gasteiger partial charge is 0.478 e. The highest BCUT2D eigenvalue weighted by atomic mass is 16.6. The molecule has 0 radical (unpaired) electrons. The number of carboxylic acids is 1. The Balaban J connectivity index is 1.68. The summed E-state index contributed by atoms with van der Waals surface area (Å²) in [6.45, 7) is -0.0710. The number of carbonyl (C=O) groups is 1. The van der Waals surface area contributed by atoms with Gasteiger partial charge >= 0.3 is 5.97 Å². The Morgan fingerprint density at radius 2 is 2.29 bits per heavy atom. The zero-order valence-corrected chi connectivity index (χ0v) is 13.1. The normalized spacial score (nSPS) is 31.8. The maximum Gasteiger partial charge on any atom is 0.361 e. The number of aliphatic carboxylic acids is 1. The molecule has 0 amide bonds. The molecule has 2 atom stereocenters. The molecular formula is C16H19N5O3. The second-order valence-electron chi connectivity index (χ2n) is 6.42. The summed E-state index contributed by atoms with van der Waals surface area (Å²) in [5.74, 6) is -1.14. The number of rotatable bonds is 5. The lowest BCUT2D eigenvalue weighted by molar-refractivity contribution is -0.189. The highest BCUT2D eigenvalue weighted by Crippen LogP contribution is 2.39. The molecule has 24 heavy (non-hydrogen) atoms. The van der Waals surface area contributed by atoms with Crippen LogP contribution in [0.4, 0.5) is 0 Å². The van der Waals surface area contributed by atoms with Gasteiger partial charge in [0.2, 0.25) is 0 Å². The van der Waals surface area contributed by atoms with Gasteiger partial charge in [-0.2, -0.15) is 10.2 Å². The fourth-order valence-electron chi connectivity index (χ4n) is 3.17.